The molecule has 86 valence electrons. The van der Waals surface area contributed by atoms with E-state index in [1.807, 2.05) is 0 Å². The highest BCUT2D eigenvalue weighted by Crippen LogP contribution is 2.32. The maximum Gasteiger partial charge on any atom is 0.387 e. The molecule has 0 aliphatic rings. The van der Waals surface area contributed by atoms with E-state index in [0.29, 0.717) is 15.4 Å². The summed E-state index contributed by atoms with van der Waals surface area (Å²) in [6.07, 6.45) is 1.43. The SMILES string of the molecule is FSn1ncc2cc(Br)c(OC(F)F)cc21. The van der Waals surface area contributed by atoms with E-state index in [4.69, 9.17) is 0 Å². The van der Waals surface area contributed by atoms with Gasteiger partial charge >= 0.3 is 6.61 Å². The zero-order valence-corrected chi connectivity index (χ0v) is 9.93. The molecule has 0 N–H and O–H groups in total. The fourth-order valence-corrected chi connectivity index (χ4v) is 2.02. The van der Waals surface area contributed by atoms with Crippen molar-refractivity contribution in [1.82, 2.24) is 9.19 Å². The standard InChI is InChI=1S/C8H4BrF3N2OS/c9-5-1-4-3-13-14(16-12)6(4)2-7(5)15-8(10)11/h1-3,8H. The van der Waals surface area contributed by atoms with Gasteiger partial charge in [0.1, 0.15) is 5.75 Å². The molecule has 2 aromatic rings. The molecule has 3 nitrogen and oxygen atoms in total. The molecule has 1 aromatic carbocycles. The van der Waals surface area contributed by atoms with Gasteiger partial charge in [-0.2, -0.15) is 18.0 Å². The fourth-order valence-electron chi connectivity index (χ4n) is 1.25. The third kappa shape index (κ3) is 2.12. The molecule has 2 rings (SSSR count). The minimum absolute atomic E-state index is 0.0571. The van der Waals surface area contributed by atoms with Crippen molar-refractivity contribution in [2.75, 3.05) is 0 Å². The molecule has 0 unspecified atom stereocenters. The normalized spacial score (nSPS) is 11.3. The maximum absolute atomic E-state index is 12.4. The molecule has 16 heavy (non-hydrogen) atoms. The van der Waals surface area contributed by atoms with Crippen molar-refractivity contribution in [2.24, 2.45) is 0 Å². The summed E-state index contributed by atoms with van der Waals surface area (Å²) in [5.41, 5.74) is 0.367. The number of rotatable bonds is 3. The maximum atomic E-state index is 12.4. The summed E-state index contributed by atoms with van der Waals surface area (Å²) >= 11 is 2.97. The molecule has 1 aromatic heterocycles. The lowest BCUT2D eigenvalue weighted by molar-refractivity contribution is -0.0502. The Bertz CT molecular complexity index is 519. The largest absolute Gasteiger partial charge is 0.434 e. The van der Waals surface area contributed by atoms with Crippen molar-refractivity contribution >= 4 is 39.2 Å². The quantitative estimate of drug-likeness (QED) is 0.863. The van der Waals surface area contributed by atoms with Crippen molar-refractivity contribution in [1.29, 1.82) is 0 Å². The second kappa shape index (κ2) is 4.54. The average Bonchev–Trinajstić information content (AvgIpc) is 2.60. The lowest BCUT2D eigenvalue weighted by atomic mass is 10.2. The first-order valence-electron chi connectivity index (χ1n) is 4.03. The van der Waals surface area contributed by atoms with Crippen molar-refractivity contribution in [3.63, 3.8) is 0 Å². The fraction of sp³-hybridized carbons (Fsp3) is 0.125. The zero-order chi connectivity index (χ0) is 11.7. The summed E-state index contributed by atoms with van der Waals surface area (Å²) in [6, 6.07) is 2.83. The first kappa shape index (κ1) is 11.6. The number of alkyl halides is 2. The topological polar surface area (TPSA) is 27.1 Å². The summed E-state index contributed by atoms with van der Waals surface area (Å²) in [5.74, 6) is -0.0571. The molecule has 0 aliphatic heterocycles. The molecule has 1 heterocycles. The van der Waals surface area contributed by atoms with Gasteiger partial charge in [0.05, 0.1) is 16.2 Å². The first-order valence-corrected chi connectivity index (χ1v) is 5.49. The summed E-state index contributed by atoms with van der Waals surface area (Å²) in [5, 5.41) is 4.34. The van der Waals surface area contributed by atoms with Crippen LogP contribution in [0.1, 0.15) is 0 Å². The number of ether oxygens (including phenoxy) is 1. The molecule has 0 saturated carbocycles. The van der Waals surface area contributed by atoms with Crippen molar-refractivity contribution in [2.45, 2.75) is 6.61 Å². The van der Waals surface area contributed by atoms with Crippen LogP contribution in [0.5, 0.6) is 5.75 Å². The van der Waals surface area contributed by atoms with Gasteiger partial charge in [0.2, 0.25) is 0 Å². The van der Waals surface area contributed by atoms with E-state index in [9.17, 15) is 12.7 Å². The van der Waals surface area contributed by atoms with Gasteiger partial charge in [-0.05, 0) is 22.0 Å². The predicted octanol–water partition coefficient (Wildman–Crippen LogP) is 3.78. The van der Waals surface area contributed by atoms with Crippen LogP contribution in [0.3, 0.4) is 0 Å². The van der Waals surface area contributed by atoms with E-state index in [1.54, 1.807) is 0 Å². The highest BCUT2D eigenvalue weighted by molar-refractivity contribution is 9.10. The van der Waals surface area contributed by atoms with Crippen LogP contribution in [0.4, 0.5) is 12.7 Å². The Morgan fingerprint density at radius 1 is 1.44 bits per heavy atom. The van der Waals surface area contributed by atoms with Crippen LogP contribution in [0, 0.1) is 0 Å². The van der Waals surface area contributed by atoms with Crippen molar-refractivity contribution in [3.05, 3.63) is 22.8 Å². The van der Waals surface area contributed by atoms with Gasteiger partial charge in [-0.15, -0.1) is 3.89 Å². The van der Waals surface area contributed by atoms with Gasteiger partial charge in [0.15, 0.2) is 12.3 Å². The molecule has 0 atom stereocenters. The van der Waals surface area contributed by atoms with Crippen LogP contribution in [0.2, 0.25) is 0 Å². The Morgan fingerprint density at radius 3 is 2.81 bits per heavy atom. The van der Waals surface area contributed by atoms with Crippen molar-refractivity contribution < 1.29 is 17.4 Å². The molecule has 8 heteroatoms. The lowest BCUT2D eigenvalue weighted by Gasteiger charge is -2.06. The number of fused-ring (bicyclic) bond motifs is 1. The van der Waals surface area contributed by atoms with E-state index in [-0.39, 0.29) is 18.1 Å². The smallest absolute Gasteiger partial charge is 0.387 e. The Morgan fingerprint density at radius 2 is 2.19 bits per heavy atom. The second-order valence-corrected chi connectivity index (χ2v) is 4.14. The number of aromatic nitrogens is 2. The average molecular weight is 313 g/mol. The van der Waals surface area contributed by atoms with Gasteiger partial charge in [0.25, 0.3) is 0 Å². The van der Waals surface area contributed by atoms with Crippen LogP contribution in [-0.4, -0.2) is 15.8 Å². The van der Waals surface area contributed by atoms with Crippen LogP contribution < -0.4 is 4.74 Å². The molecule has 0 radical (unpaired) electrons. The number of halogens is 4. The van der Waals surface area contributed by atoms with E-state index in [0.717, 1.165) is 4.09 Å². The van der Waals surface area contributed by atoms with Crippen LogP contribution >= 0.6 is 28.3 Å². The van der Waals surface area contributed by atoms with Crippen molar-refractivity contribution in [3.8, 4) is 5.75 Å². The first-order chi connectivity index (χ1) is 7.61. The summed E-state index contributed by atoms with van der Waals surface area (Å²) in [4.78, 5) is 0. The van der Waals surface area contributed by atoms with E-state index < -0.39 is 6.61 Å². The van der Waals surface area contributed by atoms with Gasteiger partial charge in [-0.3, -0.25) is 0 Å². The minimum atomic E-state index is -2.93. The lowest BCUT2D eigenvalue weighted by Crippen LogP contribution is -2.02. The van der Waals surface area contributed by atoms with Gasteiger partial charge < -0.3 is 4.74 Å². The number of hydrogen-bond donors (Lipinski definition) is 0. The van der Waals surface area contributed by atoms with Gasteiger partial charge in [-0.1, -0.05) is 0 Å². The number of hydrogen-bond acceptors (Lipinski definition) is 3. The predicted molar refractivity (Wildman–Crippen MR) is 58.2 cm³/mol. The molecule has 0 amide bonds. The third-order valence-corrected chi connectivity index (χ3v) is 2.91. The highest BCUT2D eigenvalue weighted by Gasteiger charge is 2.12. The van der Waals surface area contributed by atoms with Crippen LogP contribution in [-0.2, 0) is 0 Å². The molecule has 0 spiro atoms. The second-order valence-electron chi connectivity index (χ2n) is 2.81. The number of benzene rings is 1. The summed E-state index contributed by atoms with van der Waals surface area (Å²) in [6.45, 7) is -2.93. The third-order valence-electron chi connectivity index (χ3n) is 1.87. The summed E-state index contributed by atoms with van der Waals surface area (Å²) < 4.78 is 42.1. The highest BCUT2D eigenvalue weighted by atomic mass is 79.9. The molecule has 0 bridgehead atoms. The zero-order valence-electron chi connectivity index (χ0n) is 7.53. The molecule has 0 aliphatic carbocycles. The Hall–Kier alpha value is -0.890. The van der Waals surface area contributed by atoms with Crippen LogP contribution in [0.25, 0.3) is 10.9 Å². The Kier molecular flexibility index (Phi) is 3.29. The van der Waals surface area contributed by atoms with E-state index >= 15 is 0 Å². The Balaban J connectivity index is 2.53. The monoisotopic (exact) mass is 312 g/mol. The minimum Gasteiger partial charge on any atom is -0.434 e. The number of nitrogens with zero attached hydrogens (tertiary/aromatic N) is 2. The van der Waals surface area contributed by atoms with E-state index in [2.05, 4.69) is 25.8 Å². The molecular formula is C8H4BrF3N2OS. The molecular weight excluding hydrogens is 309 g/mol. The molecule has 0 saturated heterocycles. The van der Waals surface area contributed by atoms with Gasteiger partial charge in [0, 0.05) is 11.5 Å². The van der Waals surface area contributed by atoms with Gasteiger partial charge in [-0.25, -0.2) is 0 Å². The van der Waals surface area contributed by atoms with Crippen LogP contribution in [0.15, 0.2) is 22.8 Å². The Labute approximate surface area is 101 Å². The molecule has 0 fully saturated rings. The summed E-state index contributed by atoms with van der Waals surface area (Å²) in [7, 11) is 0. The van der Waals surface area contributed by atoms with E-state index in [1.165, 1.54) is 18.3 Å².